The molecule has 3 atom stereocenters. The molecule has 1 aromatic heterocycles. The molecule has 20 heavy (non-hydrogen) atoms. The van der Waals surface area contributed by atoms with Crippen LogP contribution in [-0.4, -0.2) is 31.9 Å². The number of nitrogens with two attached hydrogens (primary N) is 1. The van der Waals surface area contributed by atoms with Gasteiger partial charge in [-0.2, -0.15) is 4.31 Å². The van der Waals surface area contributed by atoms with E-state index in [4.69, 9.17) is 5.73 Å². The van der Waals surface area contributed by atoms with Gasteiger partial charge in [0.05, 0.1) is 3.79 Å². The second-order valence-corrected chi connectivity index (χ2v) is 10.0. The van der Waals surface area contributed by atoms with Crippen LogP contribution in [0.2, 0.25) is 0 Å². The van der Waals surface area contributed by atoms with Crippen molar-refractivity contribution in [2.24, 2.45) is 17.6 Å². The smallest absolute Gasteiger partial charge is 0.252 e. The molecule has 1 saturated heterocycles. The van der Waals surface area contributed by atoms with Crippen molar-refractivity contribution in [2.75, 3.05) is 13.1 Å². The van der Waals surface area contributed by atoms with E-state index in [9.17, 15) is 8.42 Å². The summed E-state index contributed by atoms with van der Waals surface area (Å²) in [6.07, 6.45) is 2.10. The van der Waals surface area contributed by atoms with Gasteiger partial charge in [-0.3, -0.25) is 0 Å². The summed E-state index contributed by atoms with van der Waals surface area (Å²) >= 11 is 4.68. The van der Waals surface area contributed by atoms with Crippen molar-refractivity contribution in [1.82, 2.24) is 4.31 Å². The molecule has 2 fully saturated rings. The highest BCUT2D eigenvalue weighted by Gasteiger charge is 2.45. The molecule has 1 aromatic rings. The summed E-state index contributed by atoms with van der Waals surface area (Å²) in [5, 5.41) is 0. The first-order chi connectivity index (χ1) is 8.89. The molecule has 0 aromatic carbocycles. The summed E-state index contributed by atoms with van der Waals surface area (Å²) in [5.74, 6) is 0.800. The standard InChI is InChI=1S/C12H17BrN2O2S2.ClH/c1-7-4-11(18-12(7)13)19(16,17)15-5-8-2-3-10(14)9(8)6-15;/h4,8-10H,2-3,5-6,14H2,1H3;1H. The fraction of sp³-hybridized carbons (Fsp3) is 0.667. The molecule has 8 heteroatoms. The molecule has 2 N–H and O–H groups in total. The Morgan fingerprint density at radius 3 is 2.65 bits per heavy atom. The minimum absolute atomic E-state index is 0. The van der Waals surface area contributed by atoms with Crippen molar-refractivity contribution in [1.29, 1.82) is 0 Å². The van der Waals surface area contributed by atoms with Crippen LogP contribution in [0.15, 0.2) is 14.1 Å². The summed E-state index contributed by atoms with van der Waals surface area (Å²) in [5.41, 5.74) is 7.04. The minimum Gasteiger partial charge on any atom is -0.327 e. The highest BCUT2D eigenvalue weighted by atomic mass is 79.9. The van der Waals surface area contributed by atoms with Gasteiger partial charge in [0.25, 0.3) is 10.0 Å². The van der Waals surface area contributed by atoms with Crippen molar-refractivity contribution in [3.8, 4) is 0 Å². The SMILES string of the molecule is Cc1cc(S(=O)(=O)N2CC3CCC(N)C3C2)sc1Br.Cl. The van der Waals surface area contributed by atoms with Crippen molar-refractivity contribution in [2.45, 2.75) is 30.0 Å². The Labute approximate surface area is 138 Å². The molecule has 4 nitrogen and oxygen atoms in total. The van der Waals surface area contributed by atoms with E-state index >= 15 is 0 Å². The third kappa shape index (κ3) is 2.68. The average Bonchev–Trinajstić information content (AvgIpc) is 2.99. The molecule has 1 aliphatic heterocycles. The van der Waals surface area contributed by atoms with Gasteiger partial charge in [0.2, 0.25) is 0 Å². The number of hydrogen-bond acceptors (Lipinski definition) is 4. The number of rotatable bonds is 2. The number of fused-ring (bicyclic) bond motifs is 1. The Kier molecular flexibility index (Phi) is 4.89. The topological polar surface area (TPSA) is 63.4 Å². The van der Waals surface area contributed by atoms with Gasteiger partial charge in [-0.25, -0.2) is 8.42 Å². The third-order valence-electron chi connectivity index (χ3n) is 4.31. The molecule has 0 amide bonds. The Balaban J connectivity index is 0.00000147. The Morgan fingerprint density at radius 1 is 1.40 bits per heavy atom. The molecule has 1 aliphatic carbocycles. The molecular weight excluding hydrogens is 384 g/mol. The van der Waals surface area contributed by atoms with Crippen molar-refractivity contribution < 1.29 is 8.42 Å². The predicted molar refractivity (Wildman–Crippen MR) is 87.0 cm³/mol. The first-order valence-electron chi connectivity index (χ1n) is 6.41. The van der Waals surface area contributed by atoms with Crippen LogP contribution in [0.5, 0.6) is 0 Å². The molecular formula is C12H18BrClN2O2S2. The molecule has 2 aliphatic rings. The summed E-state index contributed by atoms with van der Waals surface area (Å²) < 4.78 is 28.2. The van der Waals surface area contributed by atoms with Gasteiger partial charge in [-0.1, -0.05) is 0 Å². The maximum Gasteiger partial charge on any atom is 0.252 e. The Hall–Kier alpha value is 0.340. The van der Waals surface area contributed by atoms with Crippen molar-refractivity contribution in [3.63, 3.8) is 0 Å². The zero-order valence-corrected chi connectivity index (χ0v) is 15.1. The lowest BCUT2D eigenvalue weighted by atomic mass is 9.98. The van der Waals surface area contributed by atoms with E-state index in [0.29, 0.717) is 29.1 Å². The van der Waals surface area contributed by atoms with E-state index < -0.39 is 10.0 Å². The zero-order chi connectivity index (χ0) is 13.8. The molecule has 0 spiro atoms. The number of hydrogen-bond donors (Lipinski definition) is 1. The van der Waals surface area contributed by atoms with Gasteiger partial charge < -0.3 is 5.73 Å². The minimum atomic E-state index is -3.34. The van der Waals surface area contributed by atoms with E-state index in [0.717, 1.165) is 22.2 Å². The lowest BCUT2D eigenvalue weighted by molar-refractivity contribution is 0.428. The fourth-order valence-electron chi connectivity index (χ4n) is 3.15. The average molecular weight is 402 g/mol. The second kappa shape index (κ2) is 5.85. The van der Waals surface area contributed by atoms with Crippen LogP contribution < -0.4 is 5.73 Å². The number of sulfonamides is 1. The lowest BCUT2D eigenvalue weighted by Gasteiger charge is -2.17. The van der Waals surface area contributed by atoms with E-state index in [1.165, 1.54) is 11.3 Å². The van der Waals surface area contributed by atoms with Crippen LogP contribution >= 0.6 is 39.7 Å². The lowest BCUT2D eigenvalue weighted by Crippen LogP contribution is -2.33. The van der Waals surface area contributed by atoms with Crippen LogP contribution in [0.25, 0.3) is 0 Å². The quantitative estimate of drug-likeness (QED) is 0.828. The molecule has 0 radical (unpaired) electrons. The maximum atomic E-state index is 12.6. The van der Waals surface area contributed by atoms with E-state index in [2.05, 4.69) is 15.9 Å². The van der Waals surface area contributed by atoms with Gasteiger partial charge in [-0.15, -0.1) is 23.7 Å². The monoisotopic (exact) mass is 400 g/mol. The van der Waals surface area contributed by atoms with Gasteiger partial charge >= 0.3 is 0 Å². The molecule has 114 valence electrons. The van der Waals surface area contributed by atoms with Crippen LogP contribution in [-0.2, 0) is 10.0 Å². The summed E-state index contributed by atoms with van der Waals surface area (Å²) in [7, 11) is -3.34. The highest BCUT2D eigenvalue weighted by Crippen LogP contribution is 2.41. The molecule has 2 heterocycles. The number of aryl methyl sites for hydroxylation is 1. The molecule has 3 rings (SSSR count). The van der Waals surface area contributed by atoms with Crippen molar-refractivity contribution in [3.05, 3.63) is 15.4 Å². The molecule has 1 saturated carbocycles. The third-order valence-corrected chi connectivity index (χ3v) is 8.72. The Bertz CT molecular complexity index is 585. The largest absolute Gasteiger partial charge is 0.327 e. The van der Waals surface area contributed by atoms with Gasteiger partial charge in [0.1, 0.15) is 4.21 Å². The van der Waals surface area contributed by atoms with Crippen LogP contribution in [0, 0.1) is 18.8 Å². The van der Waals surface area contributed by atoms with Gasteiger partial charge in [0.15, 0.2) is 0 Å². The number of halogens is 2. The molecule has 3 unspecified atom stereocenters. The van der Waals surface area contributed by atoms with Gasteiger partial charge in [0, 0.05) is 19.1 Å². The van der Waals surface area contributed by atoms with Gasteiger partial charge in [-0.05, 0) is 59.2 Å². The zero-order valence-electron chi connectivity index (χ0n) is 11.1. The predicted octanol–water partition coefficient (Wildman–Crippen LogP) is 2.60. The summed E-state index contributed by atoms with van der Waals surface area (Å²) in [6, 6.07) is 1.92. The van der Waals surface area contributed by atoms with E-state index in [-0.39, 0.29) is 18.4 Å². The Morgan fingerprint density at radius 2 is 2.10 bits per heavy atom. The van der Waals surface area contributed by atoms with E-state index in [1.807, 2.05) is 6.92 Å². The summed E-state index contributed by atoms with van der Waals surface area (Å²) in [6.45, 7) is 3.13. The number of thiophene rings is 1. The van der Waals surface area contributed by atoms with Crippen molar-refractivity contribution >= 4 is 49.7 Å². The maximum absolute atomic E-state index is 12.6. The normalized spacial score (nSPS) is 30.2. The second-order valence-electron chi connectivity index (χ2n) is 5.51. The first kappa shape index (κ1) is 16.7. The number of nitrogens with zero attached hydrogens (tertiary/aromatic N) is 1. The van der Waals surface area contributed by atoms with Crippen LogP contribution in [0.3, 0.4) is 0 Å². The highest BCUT2D eigenvalue weighted by molar-refractivity contribution is 9.11. The van der Waals surface area contributed by atoms with Crippen LogP contribution in [0.1, 0.15) is 18.4 Å². The molecule has 0 bridgehead atoms. The summed E-state index contributed by atoms with van der Waals surface area (Å²) in [4.78, 5) is 0. The van der Waals surface area contributed by atoms with Crippen LogP contribution in [0.4, 0.5) is 0 Å². The fourth-order valence-corrected chi connectivity index (χ4v) is 7.06. The first-order valence-corrected chi connectivity index (χ1v) is 9.46. The van der Waals surface area contributed by atoms with E-state index in [1.54, 1.807) is 10.4 Å².